The number of benzene rings is 1. The molecule has 1 aromatic carbocycles. The number of rotatable bonds is 5. The van der Waals surface area contributed by atoms with Gasteiger partial charge in [-0.05, 0) is 32.9 Å². The summed E-state index contributed by atoms with van der Waals surface area (Å²) >= 11 is 0. The highest BCUT2D eigenvalue weighted by atomic mass is 19.1. The number of piperazine rings is 1. The van der Waals surface area contributed by atoms with Crippen LogP contribution in [0.5, 0.6) is 0 Å². The number of anilines is 2. The molecule has 0 unspecified atom stereocenters. The molecule has 1 aromatic rings. The largest absolute Gasteiger partial charge is 0.466 e. The number of hydrogen-bond donors (Lipinski definition) is 1. The summed E-state index contributed by atoms with van der Waals surface area (Å²) in [7, 11) is 2.34. The van der Waals surface area contributed by atoms with Crippen molar-refractivity contribution in [2.45, 2.75) is 26.4 Å². The van der Waals surface area contributed by atoms with E-state index in [1.54, 1.807) is 36.6 Å². The number of carbonyl (C=O) groups excluding carboxylic acids is 3. The van der Waals surface area contributed by atoms with Gasteiger partial charge in [-0.15, -0.1) is 0 Å². The van der Waals surface area contributed by atoms with E-state index in [-0.39, 0.29) is 17.1 Å². The number of carbonyl (C=O) groups is 3. The van der Waals surface area contributed by atoms with E-state index in [1.165, 1.54) is 19.2 Å². The maximum atomic E-state index is 14.8. The van der Waals surface area contributed by atoms with E-state index in [0.717, 1.165) is 13.2 Å². The second-order valence-corrected chi connectivity index (χ2v) is 7.79. The van der Waals surface area contributed by atoms with Gasteiger partial charge in [0.15, 0.2) is 0 Å². The summed E-state index contributed by atoms with van der Waals surface area (Å²) in [6.45, 7) is 6.75. The number of nitrogens with one attached hydrogen (secondary N) is 1. The summed E-state index contributed by atoms with van der Waals surface area (Å²) in [6.07, 6.45) is 0.508. The fraction of sp³-hybridized carbons (Fsp3) is 0.476. The van der Waals surface area contributed by atoms with Gasteiger partial charge in [0, 0.05) is 26.2 Å². The minimum Gasteiger partial charge on any atom is -0.466 e. The van der Waals surface area contributed by atoms with Gasteiger partial charge in [0.1, 0.15) is 17.1 Å². The van der Waals surface area contributed by atoms with Gasteiger partial charge >= 0.3 is 18.0 Å². The summed E-state index contributed by atoms with van der Waals surface area (Å²) in [5.74, 6) is -2.09. The van der Waals surface area contributed by atoms with Crippen LogP contribution in [-0.4, -0.2) is 68.9 Å². The minimum absolute atomic E-state index is 0.200. The number of esters is 2. The molecule has 1 saturated heterocycles. The molecule has 170 valence electrons. The molecule has 0 bridgehead atoms. The number of hydrogen-bond acceptors (Lipinski definition) is 8. The molecule has 1 aliphatic rings. The molecule has 2 rings (SSSR count). The molecule has 10 heteroatoms. The third-order valence-electron chi connectivity index (χ3n) is 4.37. The van der Waals surface area contributed by atoms with E-state index in [1.807, 2.05) is 0 Å². The SMILES string of the molecule is COC(=O)/C=C(/Nc1cccc(F)c1N1CCN(C(=O)OC(C)(C)C)CC1)C(=O)OC. The van der Waals surface area contributed by atoms with Crippen LogP contribution >= 0.6 is 0 Å². The molecular formula is C21H28FN3O6. The molecule has 1 heterocycles. The third kappa shape index (κ3) is 6.59. The van der Waals surface area contributed by atoms with Crippen LogP contribution in [0.4, 0.5) is 20.6 Å². The molecule has 0 atom stereocenters. The van der Waals surface area contributed by atoms with Gasteiger partial charge in [-0.2, -0.15) is 0 Å². The Kier molecular flexibility index (Phi) is 7.84. The quantitative estimate of drug-likeness (QED) is 0.426. The molecule has 0 saturated carbocycles. The molecule has 0 aromatic heterocycles. The minimum atomic E-state index is -0.810. The van der Waals surface area contributed by atoms with Crippen molar-refractivity contribution in [1.82, 2.24) is 4.90 Å². The lowest BCUT2D eigenvalue weighted by molar-refractivity contribution is -0.138. The molecule has 1 N–H and O–H groups in total. The molecule has 0 spiro atoms. The molecule has 0 aliphatic carbocycles. The molecule has 1 fully saturated rings. The van der Waals surface area contributed by atoms with Crippen LogP contribution in [-0.2, 0) is 23.8 Å². The summed E-state index contributed by atoms with van der Waals surface area (Å²) in [4.78, 5) is 39.2. The van der Waals surface area contributed by atoms with Crippen LogP contribution in [0.25, 0.3) is 0 Å². The second-order valence-electron chi connectivity index (χ2n) is 7.79. The zero-order chi connectivity index (χ0) is 23.2. The lowest BCUT2D eigenvalue weighted by Gasteiger charge is -2.37. The highest BCUT2D eigenvalue weighted by Gasteiger charge is 2.28. The van der Waals surface area contributed by atoms with E-state index in [9.17, 15) is 18.8 Å². The van der Waals surface area contributed by atoms with Gasteiger partial charge < -0.3 is 29.3 Å². The number of para-hydroxylation sites is 1. The average Bonchev–Trinajstić information content (AvgIpc) is 2.71. The summed E-state index contributed by atoms with van der Waals surface area (Å²) in [5, 5.41) is 2.77. The lowest BCUT2D eigenvalue weighted by Crippen LogP contribution is -2.50. The first-order valence-electron chi connectivity index (χ1n) is 9.72. The van der Waals surface area contributed by atoms with Crippen molar-refractivity contribution in [2.75, 3.05) is 50.6 Å². The first kappa shape index (κ1) is 24.0. The topological polar surface area (TPSA) is 97.4 Å². The normalized spacial score (nSPS) is 14.7. The van der Waals surface area contributed by atoms with Gasteiger partial charge in [0.25, 0.3) is 0 Å². The Balaban J connectivity index is 2.22. The highest BCUT2D eigenvalue weighted by molar-refractivity contribution is 5.99. The molecular weight excluding hydrogens is 409 g/mol. The van der Waals surface area contributed by atoms with Crippen molar-refractivity contribution < 1.29 is 33.0 Å². The molecule has 1 aliphatic heterocycles. The Morgan fingerprint density at radius 1 is 1.06 bits per heavy atom. The summed E-state index contributed by atoms with van der Waals surface area (Å²) in [5.41, 5.74) is -0.321. The fourth-order valence-electron chi connectivity index (χ4n) is 2.95. The zero-order valence-electron chi connectivity index (χ0n) is 18.4. The Morgan fingerprint density at radius 2 is 1.71 bits per heavy atom. The number of ether oxygens (including phenoxy) is 3. The number of halogens is 1. The van der Waals surface area contributed by atoms with E-state index in [4.69, 9.17) is 4.74 Å². The van der Waals surface area contributed by atoms with Crippen LogP contribution in [0.3, 0.4) is 0 Å². The Morgan fingerprint density at radius 3 is 2.26 bits per heavy atom. The zero-order valence-corrected chi connectivity index (χ0v) is 18.4. The van der Waals surface area contributed by atoms with Crippen LogP contribution in [0.1, 0.15) is 20.8 Å². The van der Waals surface area contributed by atoms with Gasteiger partial charge in [-0.25, -0.2) is 18.8 Å². The standard InChI is InChI=1S/C21H28FN3O6/c1-21(2,3)31-20(28)25-11-9-24(10-12-25)18-14(22)7-6-8-15(18)23-16(19(27)30-5)13-17(26)29-4/h6-8,13,23H,9-12H2,1-5H3/b16-13+. The molecule has 1 amide bonds. The van der Waals surface area contributed by atoms with Gasteiger partial charge in [0.05, 0.1) is 31.7 Å². The number of nitrogens with zero attached hydrogens (tertiary/aromatic N) is 2. The fourth-order valence-corrected chi connectivity index (χ4v) is 2.95. The Bertz CT molecular complexity index is 857. The smallest absolute Gasteiger partial charge is 0.410 e. The summed E-state index contributed by atoms with van der Waals surface area (Å²) < 4.78 is 29.4. The van der Waals surface area contributed by atoms with E-state index in [0.29, 0.717) is 26.2 Å². The van der Waals surface area contributed by atoms with E-state index >= 15 is 0 Å². The van der Waals surface area contributed by atoms with E-state index < -0.39 is 29.5 Å². The maximum Gasteiger partial charge on any atom is 0.410 e. The Labute approximate surface area is 180 Å². The predicted molar refractivity (Wildman–Crippen MR) is 112 cm³/mol. The van der Waals surface area contributed by atoms with Gasteiger partial charge in [-0.3, -0.25) is 0 Å². The van der Waals surface area contributed by atoms with Crippen molar-refractivity contribution >= 4 is 29.4 Å². The predicted octanol–water partition coefficient (Wildman–Crippen LogP) is 2.52. The monoisotopic (exact) mass is 437 g/mol. The van der Waals surface area contributed by atoms with Crippen LogP contribution in [0.2, 0.25) is 0 Å². The van der Waals surface area contributed by atoms with Crippen molar-refractivity contribution in [2.24, 2.45) is 0 Å². The maximum absolute atomic E-state index is 14.8. The van der Waals surface area contributed by atoms with Crippen LogP contribution in [0.15, 0.2) is 30.0 Å². The molecule has 9 nitrogen and oxygen atoms in total. The highest BCUT2D eigenvalue weighted by Crippen LogP contribution is 2.31. The Hall–Kier alpha value is -3.30. The van der Waals surface area contributed by atoms with E-state index in [2.05, 4.69) is 14.8 Å². The number of methoxy groups -OCH3 is 2. The van der Waals surface area contributed by atoms with Crippen LogP contribution < -0.4 is 10.2 Å². The van der Waals surface area contributed by atoms with Crippen molar-refractivity contribution in [3.05, 3.63) is 35.8 Å². The average molecular weight is 437 g/mol. The van der Waals surface area contributed by atoms with Crippen molar-refractivity contribution in [1.29, 1.82) is 0 Å². The van der Waals surface area contributed by atoms with Gasteiger partial charge in [-0.1, -0.05) is 6.07 Å². The number of amides is 1. The van der Waals surface area contributed by atoms with Crippen LogP contribution in [0, 0.1) is 5.82 Å². The van der Waals surface area contributed by atoms with Crippen molar-refractivity contribution in [3.63, 3.8) is 0 Å². The first-order valence-corrected chi connectivity index (χ1v) is 9.72. The van der Waals surface area contributed by atoms with Gasteiger partial charge in [0.2, 0.25) is 0 Å². The summed E-state index contributed by atoms with van der Waals surface area (Å²) in [6, 6.07) is 4.35. The molecule has 0 radical (unpaired) electrons. The van der Waals surface area contributed by atoms with Crippen molar-refractivity contribution in [3.8, 4) is 0 Å². The molecule has 31 heavy (non-hydrogen) atoms. The lowest BCUT2D eigenvalue weighted by atomic mass is 10.2. The second kappa shape index (κ2) is 10.1. The third-order valence-corrected chi connectivity index (χ3v) is 4.37. The first-order chi connectivity index (χ1) is 14.6.